The molecule has 1 aromatic carbocycles. The smallest absolute Gasteiger partial charge is 0.410 e. The first-order chi connectivity index (χ1) is 20.9. The highest BCUT2D eigenvalue weighted by atomic mass is 16.6. The molecule has 0 spiro atoms. The average Bonchev–Trinajstić information content (AvgIpc) is 3.64. The van der Waals surface area contributed by atoms with E-state index < -0.39 is 17.6 Å². The topological polar surface area (TPSA) is 106 Å². The number of imidazole rings is 1. The fourth-order valence-corrected chi connectivity index (χ4v) is 6.20. The van der Waals surface area contributed by atoms with Gasteiger partial charge in [-0.1, -0.05) is 13.8 Å². The second-order valence-electron chi connectivity index (χ2n) is 13.5. The van der Waals surface area contributed by atoms with Gasteiger partial charge >= 0.3 is 6.09 Å². The Kier molecular flexibility index (Phi) is 11.2. The van der Waals surface area contributed by atoms with Crippen LogP contribution in [0.3, 0.4) is 0 Å². The number of aryl methyl sites for hydroxylation is 1. The summed E-state index contributed by atoms with van der Waals surface area (Å²) in [5.74, 6) is 0.627. The summed E-state index contributed by atoms with van der Waals surface area (Å²) in [6, 6.07) is 5.26. The number of benzene rings is 1. The maximum absolute atomic E-state index is 14.6. The van der Waals surface area contributed by atoms with Crippen molar-refractivity contribution in [2.75, 3.05) is 53.6 Å². The Hall–Kier alpha value is -3.34. The highest BCUT2D eigenvalue weighted by Gasteiger charge is 2.42. The Labute approximate surface area is 261 Å². The first kappa shape index (κ1) is 33.6. The van der Waals surface area contributed by atoms with Gasteiger partial charge in [-0.05, 0) is 70.9 Å². The van der Waals surface area contributed by atoms with Gasteiger partial charge in [0.05, 0.1) is 30.1 Å². The average molecular weight is 614 g/mol. The summed E-state index contributed by atoms with van der Waals surface area (Å²) in [6.07, 6.45) is 3.65. The first-order valence-electron chi connectivity index (χ1n) is 16.0. The predicted molar refractivity (Wildman–Crippen MR) is 169 cm³/mol. The number of ether oxygens (including phenoxy) is 3. The monoisotopic (exact) mass is 613 g/mol. The van der Waals surface area contributed by atoms with Gasteiger partial charge in [0.15, 0.2) is 5.82 Å². The standard InChI is InChI=1S/C33H51N5O6/c1-23(2)20-38(31(40)29-34-27-13-12-26(43-7)19-28(27)37(29)16-10-11-17-42-6)25-18-24(30(39)35-14-8-9-15-35)21-36(22-25)32(41)44-33(3,4)5/h12-13,19,23-25H,8-11,14-18,20-22H2,1-7H3/t24-,25+/m1/s1. The number of nitrogens with zero attached hydrogens (tertiary/aromatic N) is 5. The predicted octanol–water partition coefficient (Wildman–Crippen LogP) is 4.82. The molecule has 0 bridgehead atoms. The third kappa shape index (κ3) is 8.22. The molecule has 2 aliphatic rings. The maximum atomic E-state index is 14.6. The fourth-order valence-electron chi connectivity index (χ4n) is 6.20. The van der Waals surface area contributed by atoms with Crippen LogP contribution in [0.4, 0.5) is 4.79 Å². The lowest BCUT2D eigenvalue weighted by atomic mass is 9.91. The summed E-state index contributed by atoms with van der Waals surface area (Å²) in [5, 5.41) is 0. The molecule has 3 amide bonds. The van der Waals surface area contributed by atoms with Gasteiger partial charge in [0.25, 0.3) is 5.91 Å². The van der Waals surface area contributed by atoms with E-state index in [-0.39, 0.29) is 30.3 Å². The number of likely N-dealkylation sites (tertiary alicyclic amines) is 2. The lowest BCUT2D eigenvalue weighted by Crippen LogP contribution is -2.58. The molecule has 2 saturated heterocycles. The summed E-state index contributed by atoms with van der Waals surface area (Å²) >= 11 is 0. The molecule has 2 aliphatic heterocycles. The second-order valence-corrected chi connectivity index (χ2v) is 13.5. The zero-order chi connectivity index (χ0) is 32.0. The molecule has 4 rings (SSSR count). The largest absolute Gasteiger partial charge is 0.497 e. The number of methoxy groups -OCH3 is 2. The molecular weight excluding hydrogens is 562 g/mol. The van der Waals surface area contributed by atoms with Gasteiger partial charge in [-0.25, -0.2) is 9.78 Å². The minimum Gasteiger partial charge on any atom is -0.497 e. The van der Waals surface area contributed by atoms with Gasteiger partial charge in [-0.3, -0.25) is 9.59 Å². The van der Waals surface area contributed by atoms with Crippen molar-refractivity contribution in [1.82, 2.24) is 24.3 Å². The van der Waals surface area contributed by atoms with E-state index in [1.165, 1.54) is 0 Å². The fraction of sp³-hybridized carbons (Fsp3) is 0.697. The molecular formula is C33H51N5O6. The van der Waals surface area contributed by atoms with Crippen LogP contribution in [0.5, 0.6) is 5.75 Å². The van der Waals surface area contributed by atoms with Gasteiger partial charge in [0, 0.05) is 59.1 Å². The van der Waals surface area contributed by atoms with E-state index in [2.05, 4.69) is 13.8 Å². The van der Waals surface area contributed by atoms with Crippen LogP contribution in [-0.2, 0) is 20.8 Å². The first-order valence-corrected chi connectivity index (χ1v) is 16.0. The normalized spacial score (nSPS) is 19.1. The number of unbranched alkanes of at least 4 members (excludes halogenated alkanes) is 1. The van der Waals surface area contributed by atoms with E-state index in [4.69, 9.17) is 19.2 Å². The van der Waals surface area contributed by atoms with Crippen molar-refractivity contribution in [3.05, 3.63) is 24.0 Å². The highest BCUT2D eigenvalue weighted by molar-refractivity contribution is 5.95. The Balaban J connectivity index is 1.71. The quantitative estimate of drug-likeness (QED) is 0.335. The molecule has 0 saturated carbocycles. The number of carbonyl (C=O) groups is 3. The lowest BCUT2D eigenvalue weighted by molar-refractivity contribution is -0.137. The van der Waals surface area contributed by atoms with Crippen molar-refractivity contribution in [2.24, 2.45) is 11.8 Å². The Morgan fingerprint density at radius 3 is 2.41 bits per heavy atom. The molecule has 11 heteroatoms. The number of hydrogen-bond acceptors (Lipinski definition) is 7. The third-order valence-corrected chi connectivity index (χ3v) is 8.24. The minimum absolute atomic E-state index is 0.0511. The molecule has 2 atom stereocenters. The van der Waals surface area contributed by atoms with Gasteiger partial charge in [-0.15, -0.1) is 0 Å². The molecule has 0 unspecified atom stereocenters. The van der Waals surface area contributed by atoms with Crippen LogP contribution >= 0.6 is 0 Å². The maximum Gasteiger partial charge on any atom is 0.410 e. The second kappa shape index (κ2) is 14.6. The van der Waals surface area contributed by atoms with E-state index in [1.807, 2.05) is 53.3 Å². The van der Waals surface area contributed by atoms with Crippen molar-refractivity contribution in [1.29, 1.82) is 0 Å². The molecule has 244 valence electrons. The molecule has 44 heavy (non-hydrogen) atoms. The van der Waals surface area contributed by atoms with E-state index in [1.54, 1.807) is 19.1 Å². The van der Waals surface area contributed by atoms with Crippen LogP contribution in [0.25, 0.3) is 11.0 Å². The highest BCUT2D eigenvalue weighted by Crippen LogP contribution is 2.29. The SMILES string of the molecule is COCCCCn1c(C(=O)N(CC(C)C)[C@H]2C[C@@H](C(=O)N3CCCC3)CN(C(=O)OC(C)(C)C)C2)nc2ccc(OC)cc21. The van der Waals surface area contributed by atoms with Crippen molar-refractivity contribution >= 4 is 28.9 Å². The van der Waals surface area contributed by atoms with Gasteiger partial charge in [0.1, 0.15) is 11.4 Å². The summed E-state index contributed by atoms with van der Waals surface area (Å²) < 4.78 is 18.5. The van der Waals surface area contributed by atoms with Crippen molar-refractivity contribution in [2.45, 2.75) is 84.9 Å². The number of carbonyl (C=O) groups excluding carboxylic acids is 3. The molecule has 0 aliphatic carbocycles. The van der Waals surface area contributed by atoms with Crippen LogP contribution < -0.4 is 4.74 Å². The van der Waals surface area contributed by atoms with Crippen molar-refractivity contribution in [3.8, 4) is 5.75 Å². The number of aromatic nitrogens is 2. The van der Waals surface area contributed by atoms with Crippen LogP contribution in [0.2, 0.25) is 0 Å². The molecule has 0 radical (unpaired) electrons. The van der Waals surface area contributed by atoms with E-state index in [9.17, 15) is 14.4 Å². The van der Waals surface area contributed by atoms with E-state index >= 15 is 0 Å². The number of amides is 3. The molecule has 11 nitrogen and oxygen atoms in total. The van der Waals surface area contributed by atoms with E-state index in [0.29, 0.717) is 49.8 Å². The Morgan fingerprint density at radius 1 is 1.05 bits per heavy atom. The summed E-state index contributed by atoms with van der Waals surface area (Å²) in [4.78, 5) is 51.9. The summed E-state index contributed by atoms with van der Waals surface area (Å²) in [7, 11) is 3.30. The number of hydrogen-bond donors (Lipinski definition) is 0. The Bertz CT molecular complexity index is 1300. The molecule has 2 aromatic rings. The molecule has 2 fully saturated rings. The third-order valence-electron chi connectivity index (χ3n) is 8.24. The van der Waals surface area contributed by atoms with Crippen LogP contribution in [0, 0.1) is 11.8 Å². The molecule has 0 N–H and O–H groups in total. The number of fused-ring (bicyclic) bond motifs is 1. The van der Waals surface area contributed by atoms with Gasteiger partial charge in [-0.2, -0.15) is 0 Å². The zero-order valence-corrected chi connectivity index (χ0v) is 27.6. The van der Waals surface area contributed by atoms with Crippen molar-refractivity contribution < 1.29 is 28.6 Å². The minimum atomic E-state index is -0.680. The molecule has 3 heterocycles. The zero-order valence-electron chi connectivity index (χ0n) is 27.6. The van der Waals surface area contributed by atoms with Gasteiger partial charge < -0.3 is 33.5 Å². The van der Waals surface area contributed by atoms with Gasteiger partial charge in [0.2, 0.25) is 5.91 Å². The van der Waals surface area contributed by atoms with Crippen LogP contribution in [-0.4, -0.2) is 107 Å². The lowest BCUT2D eigenvalue weighted by Gasteiger charge is -2.43. The van der Waals surface area contributed by atoms with E-state index in [0.717, 1.165) is 44.3 Å². The number of rotatable bonds is 11. The van der Waals surface area contributed by atoms with Crippen LogP contribution in [0.15, 0.2) is 18.2 Å². The van der Waals surface area contributed by atoms with Crippen molar-refractivity contribution in [3.63, 3.8) is 0 Å². The molecule has 1 aromatic heterocycles. The number of piperidine rings is 1. The van der Waals surface area contributed by atoms with Crippen LogP contribution in [0.1, 0.15) is 77.3 Å². The summed E-state index contributed by atoms with van der Waals surface area (Å²) in [6.45, 7) is 13.4. The Morgan fingerprint density at radius 2 is 1.77 bits per heavy atom. The summed E-state index contributed by atoms with van der Waals surface area (Å²) in [5.41, 5.74) is 0.864.